The van der Waals surface area contributed by atoms with Gasteiger partial charge in [0.25, 0.3) is 0 Å². The van der Waals surface area contributed by atoms with E-state index >= 15 is 0 Å². The Morgan fingerprint density at radius 3 is 2.18 bits per heavy atom. The number of hydrogen-bond acceptors (Lipinski definition) is 3. The molecule has 1 aliphatic rings. The summed E-state index contributed by atoms with van der Waals surface area (Å²) in [6.07, 6.45) is 1.48. The quantitative estimate of drug-likeness (QED) is 0.673. The van der Waals surface area contributed by atoms with Crippen LogP contribution < -0.4 is 10.6 Å². The fourth-order valence-electron chi connectivity index (χ4n) is 2.82. The smallest absolute Gasteiger partial charge is 0.227 e. The van der Waals surface area contributed by atoms with Gasteiger partial charge >= 0.3 is 0 Å². The number of carbonyl (C=O) groups is 1. The molecule has 0 spiro atoms. The largest absolute Gasteiger partial charge is 0.399 e. The number of carbonyl (C=O) groups excluding carboxylic acids is 1. The Labute approximate surface area is 136 Å². The molecule has 114 valence electrons. The molecule has 2 aromatic carbocycles. The van der Waals surface area contributed by atoms with Gasteiger partial charge in [-0.15, -0.1) is 0 Å². The lowest BCUT2D eigenvalue weighted by molar-refractivity contribution is -0.117. The summed E-state index contributed by atoms with van der Waals surface area (Å²) in [6.45, 7) is 0.777. The molecule has 2 aromatic rings. The molecule has 1 amide bonds. The van der Waals surface area contributed by atoms with E-state index in [1.165, 1.54) is 11.1 Å². The van der Waals surface area contributed by atoms with Crippen molar-refractivity contribution in [3.05, 3.63) is 59.7 Å². The second kappa shape index (κ2) is 6.44. The Hall–Kier alpha value is -1.94. The van der Waals surface area contributed by atoms with E-state index in [4.69, 9.17) is 5.73 Å². The summed E-state index contributed by atoms with van der Waals surface area (Å²) >= 11 is 4.30. The van der Waals surface area contributed by atoms with Gasteiger partial charge in [-0.25, -0.2) is 0 Å². The van der Waals surface area contributed by atoms with E-state index in [0.29, 0.717) is 12.3 Å². The second-order valence-corrected chi connectivity index (χ2v) is 6.21. The van der Waals surface area contributed by atoms with Crippen LogP contribution in [0.15, 0.2) is 48.5 Å². The minimum absolute atomic E-state index is 0.199. The topological polar surface area (TPSA) is 46.3 Å². The highest BCUT2D eigenvalue weighted by atomic mass is 32.1. The van der Waals surface area contributed by atoms with Gasteiger partial charge in [0, 0.05) is 24.3 Å². The molecule has 3 nitrogen and oxygen atoms in total. The Balaban J connectivity index is 1.70. The zero-order chi connectivity index (χ0) is 15.5. The fraction of sp³-hybridized carbons (Fsp3) is 0.278. The maximum absolute atomic E-state index is 12.0. The maximum atomic E-state index is 12.0. The Bertz CT molecular complexity index is 652. The number of anilines is 2. The number of amides is 1. The first-order chi connectivity index (χ1) is 10.7. The van der Waals surface area contributed by atoms with Crippen LogP contribution in [0.3, 0.4) is 0 Å². The molecule has 1 heterocycles. The van der Waals surface area contributed by atoms with Crippen molar-refractivity contribution in [3.8, 4) is 0 Å². The molecule has 0 aliphatic carbocycles. The van der Waals surface area contributed by atoms with Crippen molar-refractivity contribution >= 4 is 29.9 Å². The van der Waals surface area contributed by atoms with Gasteiger partial charge in [0.15, 0.2) is 0 Å². The van der Waals surface area contributed by atoms with Crippen LogP contribution in [0.2, 0.25) is 0 Å². The molecule has 0 aromatic heterocycles. The van der Waals surface area contributed by atoms with E-state index < -0.39 is 0 Å². The number of nitrogens with zero attached hydrogens (tertiary/aromatic N) is 1. The molecule has 3 rings (SSSR count). The van der Waals surface area contributed by atoms with E-state index in [1.807, 2.05) is 41.3 Å². The van der Waals surface area contributed by atoms with E-state index in [-0.39, 0.29) is 5.91 Å². The summed E-state index contributed by atoms with van der Waals surface area (Å²) in [6, 6.07) is 16.2. The van der Waals surface area contributed by atoms with Gasteiger partial charge in [0.2, 0.25) is 5.91 Å². The van der Waals surface area contributed by atoms with Crippen LogP contribution in [0.4, 0.5) is 11.4 Å². The first-order valence-electron chi connectivity index (χ1n) is 7.50. The summed E-state index contributed by atoms with van der Waals surface area (Å²) in [5.41, 5.74) is 9.93. The zero-order valence-electron chi connectivity index (χ0n) is 12.4. The summed E-state index contributed by atoms with van der Waals surface area (Å²) < 4.78 is 0. The molecule has 0 radical (unpaired) electrons. The Morgan fingerprint density at radius 1 is 1.05 bits per heavy atom. The summed E-state index contributed by atoms with van der Waals surface area (Å²) in [5, 5.41) is 0. The number of hydrogen-bond donors (Lipinski definition) is 2. The summed E-state index contributed by atoms with van der Waals surface area (Å²) in [7, 11) is 0. The lowest BCUT2D eigenvalue weighted by Gasteiger charge is -2.17. The summed E-state index contributed by atoms with van der Waals surface area (Å²) in [4.78, 5) is 13.9. The van der Waals surface area contributed by atoms with Gasteiger partial charge < -0.3 is 10.6 Å². The minimum atomic E-state index is 0.199. The molecule has 1 unspecified atom stereocenters. The van der Waals surface area contributed by atoms with Crippen LogP contribution in [-0.4, -0.2) is 18.2 Å². The molecular weight excluding hydrogens is 292 g/mol. The van der Waals surface area contributed by atoms with Gasteiger partial charge in [-0.1, -0.05) is 24.3 Å². The number of benzene rings is 2. The maximum Gasteiger partial charge on any atom is 0.227 e. The Morgan fingerprint density at radius 2 is 1.64 bits per heavy atom. The second-order valence-electron chi connectivity index (χ2n) is 5.84. The van der Waals surface area contributed by atoms with Crippen LogP contribution in [-0.2, 0) is 11.2 Å². The van der Waals surface area contributed by atoms with Crippen molar-refractivity contribution in [3.63, 3.8) is 0 Å². The normalized spacial score (nSPS) is 18.0. The van der Waals surface area contributed by atoms with Gasteiger partial charge in [0.05, 0.1) is 0 Å². The first kappa shape index (κ1) is 15.0. The number of nitrogen functional groups attached to an aromatic ring is 1. The monoisotopic (exact) mass is 312 g/mol. The third kappa shape index (κ3) is 3.28. The molecule has 0 bridgehead atoms. The third-order valence-corrected chi connectivity index (χ3v) is 4.62. The van der Waals surface area contributed by atoms with Gasteiger partial charge in [0.1, 0.15) is 0 Å². The zero-order valence-corrected chi connectivity index (χ0v) is 13.3. The van der Waals surface area contributed by atoms with Gasteiger partial charge in [-0.3, -0.25) is 4.79 Å². The predicted octanol–water partition coefficient (Wildman–Crippen LogP) is 3.14. The first-order valence-corrected chi connectivity index (χ1v) is 8.13. The minimum Gasteiger partial charge on any atom is -0.399 e. The van der Waals surface area contributed by atoms with Crippen molar-refractivity contribution in [2.75, 3.05) is 22.9 Å². The summed E-state index contributed by atoms with van der Waals surface area (Å²) in [5.74, 6) is 1.33. The van der Waals surface area contributed by atoms with E-state index in [1.54, 1.807) is 0 Å². The molecule has 22 heavy (non-hydrogen) atoms. The molecule has 2 N–H and O–H groups in total. The van der Waals surface area contributed by atoms with Crippen molar-refractivity contribution in [2.24, 2.45) is 5.92 Å². The molecule has 1 atom stereocenters. The van der Waals surface area contributed by atoms with Gasteiger partial charge in [-0.2, -0.15) is 12.6 Å². The third-order valence-electron chi connectivity index (χ3n) is 4.10. The fourth-order valence-corrected chi connectivity index (χ4v) is 3.06. The van der Waals surface area contributed by atoms with Crippen molar-refractivity contribution in [1.29, 1.82) is 0 Å². The van der Waals surface area contributed by atoms with Gasteiger partial charge in [-0.05, 0) is 53.5 Å². The van der Waals surface area contributed by atoms with Crippen LogP contribution >= 0.6 is 12.6 Å². The average Bonchev–Trinajstić information content (AvgIpc) is 2.91. The highest BCUT2D eigenvalue weighted by molar-refractivity contribution is 7.80. The molecular formula is C18H20N2OS. The average molecular weight is 312 g/mol. The van der Waals surface area contributed by atoms with Crippen LogP contribution in [0.5, 0.6) is 0 Å². The highest BCUT2D eigenvalue weighted by Gasteiger charge is 2.29. The van der Waals surface area contributed by atoms with Crippen LogP contribution in [0.25, 0.3) is 0 Å². The molecule has 1 saturated heterocycles. The molecule has 1 fully saturated rings. The van der Waals surface area contributed by atoms with Crippen LogP contribution in [0.1, 0.15) is 17.5 Å². The van der Waals surface area contributed by atoms with Crippen molar-refractivity contribution < 1.29 is 4.79 Å². The SMILES string of the molecule is Nc1ccc(Cc2ccc(N3CC(CS)CC3=O)cc2)cc1. The molecule has 0 saturated carbocycles. The van der Waals surface area contributed by atoms with Crippen molar-refractivity contribution in [1.82, 2.24) is 0 Å². The lowest BCUT2D eigenvalue weighted by Crippen LogP contribution is -2.24. The number of rotatable bonds is 4. The van der Waals surface area contributed by atoms with E-state index in [9.17, 15) is 4.79 Å². The van der Waals surface area contributed by atoms with Crippen molar-refractivity contribution in [2.45, 2.75) is 12.8 Å². The molecule has 1 aliphatic heterocycles. The Kier molecular flexibility index (Phi) is 4.39. The highest BCUT2D eigenvalue weighted by Crippen LogP contribution is 2.26. The van der Waals surface area contributed by atoms with E-state index in [0.717, 1.165) is 30.1 Å². The van der Waals surface area contributed by atoms with Crippen LogP contribution in [0, 0.1) is 5.92 Å². The number of nitrogens with two attached hydrogens (primary N) is 1. The standard InChI is InChI=1S/C18H20N2OS/c19-16-5-1-13(2-6-16)9-14-3-7-17(8-4-14)20-11-15(12-22)10-18(20)21/h1-8,15,22H,9-12,19H2. The van der Waals surface area contributed by atoms with E-state index in [2.05, 4.69) is 24.8 Å². The molecule has 4 heteroatoms. The number of thiol groups is 1. The lowest BCUT2D eigenvalue weighted by atomic mass is 10.0. The predicted molar refractivity (Wildman–Crippen MR) is 94.4 cm³/mol.